The number of ether oxygens (including phenoxy) is 1. The molecular formula is C22H31NO2. The summed E-state index contributed by atoms with van der Waals surface area (Å²) < 4.78 is 6.07. The predicted octanol–water partition coefficient (Wildman–Crippen LogP) is 5.33. The Labute approximate surface area is 151 Å². The molecule has 0 bridgehead atoms. The molecule has 0 aliphatic carbocycles. The van der Waals surface area contributed by atoms with E-state index in [0.717, 1.165) is 29.5 Å². The average molecular weight is 341 g/mol. The van der Waals surface area contributed by atoms with Crippen LogP contribution < -0.4 is 10.1 Å². The number of rotatable bonds is 10. The molecule has 2 rings (SSSR count). The molecule has 2 aromatic carbocycles. The SMILES string of the molecule is CCCC[C@H](CC)CNC(=O)[C@H](CC)Oc1cccc2ccccc12. The monoisotopic (exact) mass is 341 g/mol. The van der Waals surface area contributed by atoms with Gasteiger partial charge in [-0.25, -0.2) is 0 Å². The van der Waals surface area contributed by atoms with Crippen molar-refractivity contribution in [2.24, 2.45) is 5.92 Å². The Bertz CT molecular complexity index is 663. The summed E-state index contributed by atoms with van der Waals surface area (Å²) in [6.07, 6.45) is 4.90. The van der Waals surface area contributed by atoms with Gasteiger partial charge in [0.25, 0.3) is 5.91 Å². The third-order valence-electron chi connectivity index (χ3n) is 4.79. The van der Waals surface area contributed by atoms with Crippen LogP contribution in [-0.4, -0.2) is 18.6 Å². The number of unbranched alkanes of at least 4 members (excludes halogenated alkanes) is 1. The number of hydrogen-bond acceptors (Lipinski definition) is 2. The summed E-state index contributed by atoms with van der Waals surface area (Å²) in [7, 11) is 0. The molecule has 1 amide bonds. The van der Waals surface area contributed by atoms with Crippen molar-refractivity contribution < 1.29 is 9.53 Å². The van der Waals surface area contributed by atoms with E-state index < -0.39 is 6.10 Å². The van der Waals surface area contributed by atoms with Gasteiger partial charge in [-0.2, -0.15) is 0 Å². The van der Waals surface area contributed by atoms with Crippen molar-refractivity contribution in [3.05, 3.63) is 42.5 Å². The molecule has 0 unspecified atom stereocenters. The third kappa shape index (κ3) is 5.48. The summed E-state index contributed by atoms with van der Waals surface area (Å²) in [5.74, 6) is 1.32. The first-order chi connectivity index (χ1) is 12.2. The fourth-order valence-corrected chi connectivity index (χ4v) is 3.08. The van der Waals surface area contributed by atoms with Crippen molar-refractivity contribution in [1.29, 1.82) is 0 Å². The molecule has 0 aliphatic rings. The second-order valence-corrected chi connectivity index (χ2v) is 6.65. The van der Waals surface area contributed by atoms with Crippen LogP contribution in [-0.2, 0) is 4.79 Å². The maximum absolute atomic E-state index is 12.6. The van der Waals surface area contributed by atoms with Gasteiger partial charge in [-0.05, 0) is 30.2 Å². The van der Waals surface area contributed by atoms with Crippen LogP contribution in [0.5, 0.6) is 5.75 Å². The van der Waals surface area contributed by atoms with Crippen molar-refractivity contribution in [2.45, 2.75) is 59.0 Å². The molecule has 0 aliphatic heterocycles. The van der Waals surface area contributed by atoms with Crippen LogP contribution in [0.4, 0.5) is 0 Å². The van der Waals surface area contributed by atoms with Gasteiger partial charge < -0.3 is 10.1 Å². The minimum absolute atomic E-state index is 0.00890. The Morgan fingerprint density at radius 1 is 1.04 bits per heavy atom. The molecule has 136 valence electrons. The van der Waals surface area contributed by atoms with Crippen molar-refractivity contribution >= 4 is 16.7 Å². The number of amides is 1. The molecule has 3 heteroatoms. The van der Waals surface area contributed by atoms with Gasteiger partial charge in [0.1, 0.15) is 5.75 Å². The van der Waals surface area contributed by atoms with E-state index in [1.165, 1.54) is 19.3 Å². The van der Waals surface area contributed by atoms with Gasteiger partial charge in [-0.3, -0.25) is 4.79 Å². The Morgan fingerprint density at radius 3 is 2.52 bits per heavy atom. The quantitative estimate of drug-likeness (QED) is 0.634. The number of benzene rings is 2. The first kappa shape index (κ1) is 19.3. The topological polar surface area (TPSA) is 38.3 Å². The molecule has 25 heavy (non-hydrogen) atoms. The highest BCUT2D eigenvalue weighted by Gasteiger charge is 2.20. The van der Waals surface area contributed by atoms with Crippen LogP contribution >= 0.6 is 0 Å². The molecular weight excluding hydrogens is 310 g/mol. The molecule has 1 N–H and O–H groups in total. The summed E-state index contributed by atoms with van der Waals surface area (Å²) in [4.78, 5) is 12.6. The van der Waals surface area contributed by atoms with E-state index >= 15 is 0 Å². The van der Waals surface area contributed by atoms with Crippen LogP contribution in [0.2, 0.25) is 0 Å². The summed E-state index contributed by atoms with van der Waals surface area (Å²) in [6.45, 7) is 7.13. The van der Waals surface area contributed by atoms with Gasteiger partial charge in [-0.15, -0.1) is 0 Å². The molecule has 2 aromatic rings. The van der Waals surface area contributed by atoms with Gasteiger partial charge in [0.15, 0.2) is 6.10 Å². The normalized spacial score (nSPS) is 13.4. The highest BCUT2D eigenvalue weighted by atomic mass is 16.5. The number of hydrogen-bond donors (Lipinski definition) is 1. The largest absolute Gasteiger partial charge is 0.480 e. The smallest absolute Gasteiger partial charge is 0.261 e. The molecule has 0 saturated heterocycles. The van der Waals surface area contributed by atoms with Crippen molar-refractivity contribution in [3.63, 3.8) is 0 Å². The highest BCUT2D eigenvalue weighted by molar-refractivity contribution is 5.89. The van der Waals surface area contributed by atoms with Crippen molar-refractivity contribution in [1.82, 2.24) is 5.32 Å². The molecule has 2 atom stereocenters. The first-order valence-corrected chi connectivity index (χ1v) is 9.61. The molecule has 3 nitrogen and oxygen atoms in total. The lowest BCUT2D eigenvalue weighted by Crippen LogP contribution is -2.40. The zero-order valence-corrected chi connectivity index (χ0v) is 15.8. The van der Waals surface area contributed by atoms with Crippen LogP contribution in [0.1, 0.15) is 52.9 Å². The summed E-state index contributed by atoms with van der Waals surface area (Å²) in [5.41, 5.74) is 0. The van der Waals surface area contributed by atoms with E-state index in [0.29, 0.717) is 12.3 Å². The summed E-state index contributed by atoms with van der Waals surface area (Å²) >= 11 is 0. The lowest BCUT2D eigenvalue weighted by molar-refractivity contribution is -0.128. The minimum atomic E-state index is -0.450. The van der Waals surface area contributed by atoms with Crippen molar-refractivity contribution in [3.8, 4) is 5.75 Å². The first-order valence-electron chi connectivity index (χ1n) is 9.61. The maximum atomic E-state index is 12.6. The lowest BCUT2D eigenvalue weighted by atomic mass is 9.99. The van der Waals surface area contributed by atoms with E-state index in [2.05, 4.69) is 31.3 Å². The summed E-state index contributed by atoms with van der Waals surface area (Å²) in [6, 6.07) is 14.1. The Hall–Kier alpha value is -2.03. The number of fused-ring (bicyclic) bond motifs is 1. The number of nitrogens with one attached hydrogen (secondary N) is 1. The molecule has 0 radical (unpaired) electrons. The maximum Gasteiger partial charge on any atom is 0.261 e. The standard InChI is InChI=1S/C22H31NO2/c1-4-7-11-17(5-2)16-23-22(24)20(6-3)25-21-15-10-13-18-12-8-9-14-19(18)21/h8-10,12-15,17,20H,4-7,11,16H2,1-3H3,(H,23,24)/t17-,20-/m0/s1. The third-order valence-corrected chi connectivity index (χ3v) is 4.79. The molecule has 0 saturated carbocycles. The van der Waals surface area contributed by atoms with Crippen LogP contribution in [0.25, 0.3) is 10.8 Å². The van der Waals surface area contributed by atoms with Crippen molar-refractivity contribution in [2.75, 3.05) is 6.54 Å². The van der Waals surface area contributed by atoms with E-state index in [9.17, 15) is 4.79 Å². The van der Waals surface area contributed by atoms with Gasteiger partial charge in [0.05, 0.1) is 0 Å². The van der Waals surface area contributed by atoms with Gasteiger partial charge >= 0.3 is 0 Å². The minimum Gasteiger partial charge on any atom is -0.480 e. The summed E-state index contributed by atoms with van der Waals surface area (Å²) in [5, 5.41) is 5.27. The van der Waals surface area contributed by atoms with E-state index in [1.807, 2.05) is 37.3 Å². The van der Waals surface area contributed by atoms with Crippen LogP contribution in [0, 0.1) is 5.92 Å². The Kier molecular flexibility index (Phi) is 7.77. The van der Waals surface area contributed by atoms with E-state index in [1.54, 1.807) is 0 Å². The second-order valence-electron chi connectivity index (χ2n) is 6.65. The number of carbonyl (C=O) groups is 1. The molecule has 0 aromatic heterocycles. The highest BCUT2D eigenvalue weighted by Crippen LogP contribution is 2.26. The van der Waals surface area contributed by atoms with Crippen LogP contribution in [0.15, 0.2) is 42.5 Å². The Morgan fingerprint density at radius 2 is 1.80 bits per heavy atom. The second kappa shape index (κ2) is 10.1. The number of carbonyl (C=O) groups excluding carboxylic acids is 1. The average Bonchev–Trinajstić information content (AvgIpc) is 2.66. The lowest BCUT2D eigenvalue weighted by Gasteiger charge is -2.21. The molecule has 0 fully saturated rings. The fourth-order valence-electron chi connectivity index (χ4n) is 3.08. The van der Waals surface area contributed by atoms with Gasteiger partial charge in [0, 0.05) is 11.9 Å². The van der Waals surface area contributed by atoms with Gasteiger partial charge in [-0.1, -0.05) is 76.4 Å². The van der Waals surface area contributed by atoms with Gasteiger partial charge in [0.2, 0.25) is 0 Å². The molecule has 0 spiro atoms. The van der Waals surface area contributed by atoms with E-state index in [4.69, 9.17) is 4.74 Å². The van der Waals surface area contributed by atoms with E-state index in [-0.39, 0.29) is 5.91 Å². The van der Waals surface area contributed by atoms with Crippen LogP contribution in [0.3, 0.4) is 0 Å². The zero-order valence-electron chi connectivity index (χ0n) is 15.8. The zero-order chi connectivity index (χ0) is 18.1. The predicted molar refractivity (Wildman–Crippen MR) is 105 cm³/mol. The fraction of sp³-hybridized carbons (Fsp3) is 0.500. The Balaban J connectivity index is 2.00. The molecule has 0 heterocycles.